The van der Waals surface area contributed by atoms with Crippen LogP contribution in [0, 0.1) is 0 Å². The van der Waals surface area contributed by atoms with Crippen LogP contribution in [0.2, 0.25) is 76.6 Å². The van der Waals surface area contributed by atoms with Crippen LogP contribution < -0.4 is 0 Å². The van der Waals surface area contributed by atoms with Crippen LogP contribution in [0.4, 0.5) is 0 Å². The Hall–Kier alpha value is -0.00247. The third kappa shape index (κ3) is 16.3. The smallest absolute Gasteiger partial charge is 0.245 e. The summed E-state index contributed by atoms with van der Waals surface area (Å²) in [6, 6.07) is 4.72. The zero-order valence-electron chi connectivity index (χ0n) is 23.9. The van der Waals surface area contributed by atoms with E-state index in [1.807, 2.05) is 4.90 Å². The fraction of sp³-hybridized carbons (Fsp3) is 0.880. The summed E-state index contributed by atoms with van der Waals surface area (Å²) in [4.78, 5) is 14.5. The summed E-state index contributed by atoms with van der Waals surface area (Å²) in [5, 5.41) is 0. The van der Waals surface area contributed by atoms with E-state index in [1.165, 1.54) is 43.8 Å². The van der Waals surface area contributed by atoms with E-state index in [4.69, 9.17) is 8.23 Å². The highest BCUT2D eigenvalue weighted by molar-refractivity contribution is 6.85. The Morgan fingerprint density at radius 1 is 0.667 bits per heavy atom. The van der Waals surface area contributed by atoms with Crippen molar-refractivity contribution in [1.29, 1.82) is 0 Å². The van der Waals surface area contributed by atoms with Crippen molar-refractivity contribution >= 4 is 39.2 Å². The molecule has 0 rings (SSSR count). The highest BCUT2D eigenvalue weighted by Crippen LogP contribution is 2.26. The Balaban J connectivity index is 4.70. The zero-order chi connectivity index (χ0) is 25.8. The first kappa shape index (κ1) is 33.0. The van der Waals surface area contributed by atoms with Gasteiger partial charge < -0.3 is 13.1 Å². The molecule has 0 aromatic rings. The SMILES string of the molecule is C=CC(=O)N(CCC[Si](C)(C)O[Si](C)(C)CCCC)CCC[Si](C)(C)O[Si](C)(C)CCCC. The minimum absolute atomic E-state index is 0.0612. The van der Waals surface area contributed by atoms with Gasteiger partial charge in [0, 0.05) is 13.1 Å². The summed E-state index contributed by atoms with van der Waals surface area (Å²) in [6.45, 7) is 28.7. The minimum atomic E-state index is -1.71. The molecular weight excluding hydrogens is 475 g/mol. The number of amides is 1. The van der Waals surface area contributed by atoms with Crippen molar-refractivity contribution in [2.24, 2.45) is 0 Å². The molecule has 0 unspecified atom stereocenters. The number of carbonyl (C=O) groups excluding carboxylic acids is 1. The second kappa shape index (κ2) is 15.2. The first-order valence-corrected chi connectivity index (χ1v) is 25.9. The molecule has 0 saturated heterocycles. The molecule has 33 heavy (non-hydrogen) atoms. The summed E-state index contributed by atoms with van der Waals surface area (Å²) in [7, 11) is -6.57. The van der Waals surface area contributed by atoms with Gasteiger partial charge >= 0.3 is 0 Å². The lowest BCUT2D eigenvalue weighted by Crippen LogP contribution is -2.45. The molecule has 0 saturated carbocycles. The topological polar surface area (TPSA) is 38.8 Å². The molecule has 0 radical (unpaired) electrons. The number of hydrogen-bond acceptors (Lipinski definition) is 3. The monoisotopic (exact) mass is 531 g/mol. The maximum Gasteiger partial charge on any atom is 0.245 e. The van der Waals surface area contributed by atoms with E-state index in [0.29, 0.717) is 0 Å². The molecule has 196 valence electrons. The second-order valence-electron chi connectivity index (χ2n) is 12.2. The fourth-order valence-electron chi connectivity index (χ4n) is 4.76. The molecule has 1 amide bonds. The van der Waals surface area contributed by atoms with Gasteiger partial charge in [0.1, 0.15) is 0 Å². The Morgan fingerprint density at radius 3 is 1.24 bits per heavy atom. The van der Waals surface area contributed by atoms with Crippen molar-refractivity contribution in [3.63, 3.8) is 0 Å². The van der Waals surface area contributed by atoms with E-state index in [9.17, 15) is 4.79 Å². The molecule has 0 fully saturated rings. The van der Waals surface area contributed by atoms with Crippen LogP contribution in [0.1, 0.15) is 52.4 Å². The zero-order valence-corrected chi connectivity index (χ0v) is 27.9. The maximum absolute atomic E-state index is 12.5. The Labute approximate surface area is 211 Å². The Bertz CT molecular complexity index is 540. The third-order valence-corrected chi connectivity index (χ3v) is 21.3. The van der Waals surface area contributed by atoms with E-state index in [-0.39, 0.29) is 5.91 Å². The van der Waals surface area contributed by atoms with Gasteiger partial charge in [-0.05, 0) is 95.5 Å². The van der Waals surface area contributed by atoms with E-state index < -0.39 is 33.3 Å². The first-order valence-electron chi connectivity index (χ1n) is 13.4. The predicted molar refractivity (Wildman–Crippen MR) is 157 cm³/mol. The fourth-order valence-corrected chi connectivity index (χ4v) is 22.8. The molecule has 0 heterocycles. The molecule has 4 nitrogen and oxygen atoms in total. The number of carbonyl (C=O) groups is 1. The van der Waals surface area contributed by atoms with Gasteiger partial charge in [-0.3, -0.25) is 4.79 Å². The summed E-state index contributed by atoms with van der Waals surface area (Å²) in [6.07, 6.45) is 8.53. The minimum Gasteiger partial charge on any atom is -0.455 e. The van der Waals surface area contributed by atoms with Crippen LogP contribution in [-0.4, -0.2) is 57.2 Å². The standard InChI is InChI=1S/C25H57NO3Si4/c1-12-15-21-30(4,5)28-32(8,9)23-17-19-26(25(27)14-3)20-18-24-33(10,11)29-31(6,7)22-16-13-2/h14H,3,12-13,15-24H2,1-2,4-11H3. The number of rotatable bonds is 19. The van der Waals surface area contributed by atoms with E-state index in [2.05, 4.69) is 72.8 Å². The highest BCUT2D eigenvalue weighted by atomic mass is 28.4. The Kier molecular flexibility index (Phi) is 15.2. The average molecular weight is 532 g/mol. The lowest BCUT2D eigenvalue weighted by atomic mass is 10.3. The van der Waals surface area contributed by atoms with Crippen LogP contribution in [0.15, 0.2) is 12.7 Å². The van der Waals surface area contributed by atoms with Crippen molar-refractivity contribution in [3.05, 3.63) is 12.7 Å². The number of hydrogen-bond donors (Lipinski definition) is 0. The summed E-state index contributed by atoms with van der Waals surface area (Å²) >= 11 is 0. The first-order chi connectivity index (χ1) is 15.1. The molecule has 0 aromatic carbocycles. The van der Waals surface area contributed by atoms with Crippen LogP contribution in [-0.2, 0) is 13.0 Å². The largest absolute Gasteiger partial charge is 0.455 e. The van der Waals surface area contributed by atoms with Gasteiger partial charge in [0.05, 0.1) is 0 Å². The van der Waals surface area contributed by atoms with Gasteiger partial charge in [-0.15, -0.1) is 0 Å². The van der Waals surface area contributed by atoms with Crippen LogP contribution in [0.5, 0.6) is 0 Å². The maximum atomic E-state index is 12.5. The van der Waals surface area contributed by atoms with Gasteiger partial charge in [0.15, 0.2) is 33.3 Å². The van der Waals surface area contributed by atoms with E-state index >= 15 is 0 Å². The van der Waals surface area contributed by atoms with Gasteiger partial charge in [-0.1, -0.05) is 46.1 Å². The molecule has 0 atom stereocenters. The molecule has 0 aromatic heterocycles. The summed E-state index contributed by atoms with van der Waals surface area (Å²) < 4.78 is 13.5. The molecule has 8 heteroatoms. The van der Waals surface area contributed by atoms with Crippen molar-refractivity contribution < 1.29 is 13.0 Å². The molecule has 0 aliphatic carbocycles. The molecule has 0 aliphatic heterocycles. The third-order valence-electron chi connectivity index (χ3n) is 6.27. The Morgan fingerprint density at radius 2 is 0.970 bits per heavy atom. The highest BCUT2D eigenvalue weighted by Gasteiger charge is 2.33. The number of unbranched alkanes of at least 4 members (excludes halogenated alkanes) is 2. The quantitative estimate of drug-likeness (QED) is 0.124. The second-order valence-corrected chi connectivity index (χ2v) is 29.9. The average Bonchev–Trinajstić information content (AvgIpc) is 2.67. The van der Waals surface area contributed by atoms with Crippen molar-refractivity contribution in [1.82, 2.24) is 4.90 Å². The van der Waals surface area contributed by atoms with Crippen molar-refractivity contribution in [2.75, 3.05) is 13.1 Å². The summed E-state index contributed by atoms with van der Waals surface area (Å²) in [5.74, 6) is 0.0612. The van der Waals surface area contributed by atoms with Crippen molar-refractivity contribution in [2.45, 2.75) is 129 Å². The van der Waals surface area contributed by atoms with Crippen LogP contribution in [0.25, 0.3) is 0 Å². The number of nitrogens with zero attached hydrogens (tertiary/aromatic N) is 1. The van der Waals surface area contributed by atoms with Crippen LogP contribution in [0.3, 0.4) is 0 Å². The van der Waals surface area contributed by atoms with Gasteiger partial charge in [-0.2, -0.15) is 0 Å². The molecular formula is C25H57NO3Si4. The summed E-state index contributed by atoms with van der Waals surface area (Å²) in [5.41, 5.74) is 0. The molecule has 0 N–H and O–H groups in total. The van der Waals surface area contributed by atoms with Crippen molar-refractivity contribution in [3.8, 4) is 0 Å². The van der Waals surface area contributed by atoms with Crippen LogP contribution >= 0.6 is 0 Å². The van der Waals surface area contributed by atoms with Gasteiger partial charge in [0.25, 0.3) is 0 Å². The normalized spacial score (nSPS) is 13.3. The lowest BCUT2D eigenvalue weighted by molar-refractivity contribution is -0.126. The van der Waals surface area contributed by atoms with Gasteiger partial charge in [0.2, 0.25) is 5.91 Å². The molecule has 0 aliphatic rings. The predicted octanol–water partition coefficient (Wildman–Crippen LogP) is 8.24. The van der Waals surface area contributed by atoms with Gasteiger partial charge in [-0.25, -0.2) is 0 Å². The van der Waals surface area contributed by atoms with E-state index in [0.717, 1.165) is 38.0 Å². The molecule has 0 bridgehead atoms. The lowest BCUT2D eigenvalue weighted by Gasteiger charge is -2.35. The van der Waals surface area contributed by atoms with E-state index in [1.54, 1.807) is 0 Å². The molecule has 0 spiro atoms.